The van der Waals surface area contributed by atoms with E-state index in [1.54, 1.807) is 6.33 Å². The third-order valence-electron chi connectivity index (χ3n) is 4.79. The molecule has 1 aromatic carbocycles. The number of hydrogen-bond donors (Lipinski definition) is 1. The van der Waals surface area contributed by atoms with Crippen molar-refractivity contribution in [3.05, 3.63) is 48.1 Å². The molecule has 1 aliphatic rings. The maximum atomic E-state index is 12.4. The van der Waals surface area contributed by atoms with Crippen LogP contribution >= 0.6 is 0 Å². The Morgan fingerprint density at radius 2 is 2.23 bits per heavy atom. The molecule has 2 aromatic heterocycles. The highest BCUT2D eigenvalue weighted by Gasteiger charge is 2.30. The molecule has 136 valence electrons. The van der Waals surface area contributed by atoms with Crippen molar-refractivity contribution in [3.8, 4) is 0 Å². The predicted octanol–water partition coefficient (Wildman–Crippen LogP) is 2.10. The molecule has 0 radical (unpaired) electrons. The summed E-state index contributed by atoms with van der Waals surface area (Å²) < 4.78 is 12.9. The molecule has 3 aromatic rings. The second kappa shape index (κ2) is 7.29. The van der Waals surface area contributed by atoms with E-state index in [0.717, 1.165) is 28.9 Å². The van der Waals surface area contributed by atoms with Crippen molar-refractivity contribution in [2.75, 3.05) is 13.2 Å². The summed E-state index contributed by atoms with van der Waals surface area (Å²) >= 11 is 0. The van der Waals surface area contributed by atoms with Crippen LogP contribution in [0.15, 0.2) is 41.2 Å². The maximum Gasteiger partial charge on any atom is 0.222 e. The molecule has 1 aliphatic heterocycles. The van der Waals surface area contributed by atoms with Crippen LogP contribution < -0.4 is 5.32 Å². The van der Waals surface area contributed by atoms with Gasteiger partial charge in [0.05, 0.1) is 42.3 Å². The zero-order chi connectivity index (χ0) is 17.9. The summed E-state index contributed by atoms with van der Waals surface area (Å²) in [6.07, 6.45) is 2.91. The standard InChI is InChI=1S/C19H22N4O3/c1-13-8-15(26-22-13)9-14-10-25-11-17(14)21-19(24)6-7-23-12-20-16-4-2-3-5-18(16)23/h2-5,8,12,14,17H,6-7,9-11H2,1H3,(H,21,24)/t14-,17+/m1/s1. The van der Waals surface area contributed by atoms with Crippen LogP contribution in [0.25, 0.3) is 11.0 Å². The number of benzene rings is 1. The number of aryl methyl sites for hydroxylation is 2. The monoisotopic (exact) mass is 354 g/mol. The van der Waals surface area contributed by atoms with Gasteiger partial charge in [-0.3, -0.25) is 4.79 Å². The van der Waals surface area contributed by atoms with Crippen molar-refractivity contribution < 1.29 is 14.1 Å². The van der Waals surface area contributed by atoms with Gasteiger partial charge in [0.2, 0.25) is 5.91 Å². The first-order valence-electron chi connectivity index (χ1n) is 8.88. The molecular weight excluding hydrogens is 332 g/mol. The Kier molecular flexibility index (Phi) is 4.71. The molecule has 0 saturated carbocycles. The number of carbonyl (C=O) groups excluding carboxylic acids is 1. The van der Waals surface area contributed by atoms with E-state index in [2.05, 4.69) is 15.5 Å². The highest BCUT2D eigenvalue weighted by atomic mass is 16.5. The van der Waals surface area contributed by atoms with Gasteiger partial charge >= 0.3 is 0 Å². The zero-order valence-electron chi connectivity index (χ0n) is 14.7. The van der Waals surface area contributed by atoms with Gasteiger partial charge in [0, 0.05) is 31.4 Å². The smallest absolute Gasteiger partial charge is 0.222 e. The number of carbonyl (C=O) groups is 1. The Morgan fingerprint density at radius 1 is 1.35 bits per heavy atom. The van der Waals surface area contributed by atoms with Crippen molar-refractivity contribution in [3.63, 3.8) is 0 Å². The molecule has 0 aliphatic carbocycles. The summed E-state index contributed by atoms with van der Waals surface area (Å²) in [6.45, 7) is 3.66. The Balaban J connectivity index is 1.32. The molecule has 0 spiro atoms. The molecule has 7 heteroatoms. The maximum absolute atomic E-state index is 12.4. The number of amides is 1. The lowest BCUT2D eigenvalue weighted by atomic mass is 9.98. The first-order chi connectivity index (χ1) is 12.7. The van der Waals surface area contributed by atoms with Gasteiger partial charge in [0.1, 0.15) is 5.76 Å². The van der Waals surface area contributed by atoms with Crippen LogP contribution in [0.5, 0.6) is 0 Å². The Hall–Kier alpha value is -2.67. The Labute approximate surface area is 151 Å². The van der Waals surface area contributed by atoms with Crippen molar-refractivity contribution in [2.45, 2.75) is 32.4 Å². The van der Waals surface area contributed by atoms with Gasteiger partial charge in [0.25, 0.3) is 0 Å². The van der Waals surface area contributed by atoms with Crippen LogP contribution in [0.2, 0.25) is 0 Å². The Bertz CT molecular complexity index is 901. The number of para-hydroxylation sites is 2. The van der Waals surface area contributed by atoms with Crippen LogP contribution in [0, 0.1) is 12.8 Å². The molecule has 1 N–H and O–H groups in total. The molecule has 7 nitrogen and oxygen atoms in total. The third kappa shape index (κ3) is 3.62. The third-order valence-corrected chi connectivity index (χ3v) is 4.79. The molecule has 4 rings (SSSR count). The first kappa shape index (κ1) is 16.8. The number of rotatable bonds is 6. The average Bonchev–Trinajstić information content (AvgIpc) is 3.35. The van der Waals surface area contributed by atoms with E-state index in [4.69, 9.17) is 9.26 Å². The number of ether oxygens (including phenoxy) is 1. The number of nitrogens with zero attached hydrogens (tertiary/aromatic N) is 3. The highest BCUT2D eigenvalue weighted by molar-refractivity contribution is 5.77. The minimum atomic E-state index is 0.00689. The lowest BCUT2D eigenvalue weighted by molar-refractivity contribution is -0.122. The van der Waals surface area contributed by atoms with E-state index in [1.165, 1.54) is 0 Å². The number of nitrogens with one attached hydrogen (secondary N) is 1. The molecule has 1 fully saturated rings. The summed E-state index contributed by atoms with van der Waals surface area (Å²) in [5, 5.41) is 7.02. The second-order valence-corrected chi connectivity index (χ2v) is 6.79. The van der Waals surface area contributed by atoms with Gasteiger partial charge in [-0.1, -0.05) is 17.3 Å². The van der Waals surface area contributed by atoms with Gasteiger partial charge in [-0.05, 0) is 19.1 Å². The van der Waals surface area contributed by atoms with Crippen LogP contribution in [0.3, 0.4) is 0 Å². The SMILES string of the molecule is Cc1cc(C[C@@H]2COC[C@@H]2NC(=O)CCn2cnc3ccccc32)on1. The lowest BCUT2D eigenvalue weighted by Crippen LogP contribution is -2.40. The van der Waals surface area contributed by atoms with E-state index in [0.29, 0.717) is 26.2 Å². The largest absolute Gasteiger partial charge is 0.379 e. The quantitative estimate of drug-likeness (QED) is 0.733. The summed E-state index contributed by atoms with van der Waals surface area (Å²) in [5.74, 6) is 1.07. The van der Waals surface area contributed by atoms with Gasteiger partial charge in [-0.25, -0.2) is 4.98 Å². The molecule has 2 atom stereocenters. The highest BCUT2D eigenvalue weighted by Crippen LogP contribution is 2.20. The molecular formula is C19H22N4O3. The molecule has 3 heterocycles. The summed E-state index contributed by atoms with van der Waals surface area (Å²) in [7, 11) is 0. The van der Waals surface area contributed by atoms with Gasteiger partial charge in [0.15, 0.2) is 0 Å². The minimum absolute atomic E-state index is 0.00689. The van der Waals surface area contributed by atoms with Crippen molar-refractivity contribution in [1.82, 2.24) is 20.0 Å². The predicted molar refractivity (Wildman–Crippen MR) is 95.5 cm³/mol. The van der Waals surface area contributed by atoms with Crippen LogP contribution in [0.1, 0.15) is 17.9 Å². The van der Waals surface area contributed by atoms with E-state index >= 15 is 0 Å². The van der Waals surface area contributed by atoms with Gasteiger partial charge < -0.3 is 19.1 Å². The summed E-state index contributed by atoms with van der Waals surface area (Å²) in [6, 6.07) is 9.86. The van der Waals surface area contributed by atoms with E-state index in [9.17, 15) is 4.79 Å². The zero-order valence-corrected chi connectivity index (χ0v) is 14.7. The molecule has 0 bridgehead atoms. The van der Waals surface area contributed by atoms with E-state index in [1.807, 2.05) is 41.8 Å². The fourth-order valence-corrected chi connectivity index (χ4v) is 3.42. The molecule has 1 saturated heterocycles. The normalized spacial score (nSPS) is 19.9. The fraction of sp³-hybridized carbons (Fsp3) is 0.421. The van der Waals surface area contributed by atoms with Crippen molar-refractivity contribution in [1.29, 1.82) is 0 Å². The number of fused-ring (bicyclic) bond motifs is 1. The number of imidazole rings is 1. The molecule has 1 amide bonds. The minimum Gasteiger partial charge on any atom is -0.379 e. The molecule has 26 heavy (non-hydrogen) atoms. The Morgan fingerprint density at radius 3 is 3.08 bits per heavy atom. The summed E-state index contributed by atoms with van der Waals surface area (Å²) in [5.41, 5.74) is 2.86. The molecule has 0 unspecified atom stereocenters. The number of hydrogen-bond acceptors (Lipinski definition) is 5. The summed E-state index contributed by atoms with van der Waals surface area (Å²) in [4.78, 5) is 16.8. The van der Waals surface area contributed by atoms with Gasteiger partial charge in [-0.2, -0.15) is 0 Å². The number of aromatic nitrogens is 3. The van der Waals surface area contributed by atoms with Crippen LogP contribution in [0.4, 0.5) is 0 Å². The van der Waals surface area contributed by atoms with Crippen LogP contribution in [-0.4, -0.2) is 39.9 Å². The van der Waals surface area contributed by atoms with Crippen molar-refractivity contribution in [2.24, 2.45) is 5.92 Å². The van der Waals surface area contributed by atoms with Crippen molar-refractivity contribution >= 4 is 16.9 Å². The second-order valence-electron chi connectivity index (χ2n) is 6.79. The average molecular weight is 354 g/mol. The van der Waals surface area contributed by atoms with E-state index < -0.39 is 0 Å². The first-order valence-corrected chi connectivity index (χ1v) is 8.88. The van der Waals surface area contributed by atoms with Crippen LogP contribution in [-0.2, 0) is 22.5 Å². The van der Waals surface area contributed by atoms with Gasteiger partial charge in [-0.15, -0.1) is 0 Å². The van der Waals surface area contributed by atoms with E-state index in [-0.39, 0.29) is 17.9 Å². The fourth-order valence-electron chi connectivity index (χ4n) is 3.42. The topological polar surface area (TPSA) is 82.2 Å². The lowest BCUT2D eigenvalue weighted by Gasteiger charge is -2.18.